The maximum atomic E-state index is 13.2. The summed E-state index contributed by atoms with van der Waals surface area (Å²) in [6, 6.07) is 15.0. The van der Waals surface area contributed by atoms with E-state index in [0.717, 1.165) is 32.5 Å². The Morgan fingerprint density at radius 1 is 1.06 bits per heavy atom. The Hall–Kier alpha value is -2.85. The van der Waals surface area contributed by atoms with E-state index in [2.05, 4.69) is 10.2 Å². The lowest BCUT2D eigenvalue weighted by atomic mass is 10.0. The number of aliphatic imine (C=N–C) groups is 1. The number of hydrogen-bond acceptors (Lipinski definition) is 7. The molecule has 3 heterocycles. The molecule has 0 aliphatic carbocycles. The second-order valence-electron chi connectivity index (χ2n) is 8.20. The minimum absolute atomic E-state index is 0.129. The average molecular weight is 527 g/mol. The van der Waals surface area contributed by atoms with Crippen LogP contribution in [-0.2, 0) is 20.8 Å². The van der Waals surface area contributed by atoms with Gasteiger partial charge in [0.2, 0.25) is 0 Å². The van der Waals surface area contributed by atoms with Crippen LogP contribution in [0.3, 0.4) is 0 Å². The number of halogens is 1. The van der Waals surface area contributed by atoms with Crippen LogP contribution in [0.15, 0.2) is 58.4 Å². The van der Waals surface area contributed by atoms with Gasteiger partial charge in [-0.25, -0.2) is 0 Å². The van der Waals surface area contributed by atoms with Crippen molar-refractivity contribution in [3.8, 4) is 15.4 Å². The molecule has 0 fully saturated rings. The highest BCUT2D eigenvalue weighted by Gasteiger charge is 2.29. The third-order valence-corrected chi connectivity index (χ3v) is 8.74. The van der Waals surface area contributed by atoms with E-state index in [-0.39, 0.29) is 11.5 Å². The molecule has 1 aliphatic rings. The van der Waals surface area contributed by atoms with Gasteiger partial charge in [0, 0.05) is 26.6 Å². The van der Waals surface area contributed by atoms with Gasteiger partial charge in [-0.2, -0.15) is 8.42 Å². The number of aromatic nitrogens is 3. The number of nitrogens with zero attached hydrogens (tertiary/aromatic N) is 4. The molecule has 0 saturated heterocycles. The summed E-state index contributed by atoms with van der Waals surface area (Å²) in [7, 11) is -3.95. The lowest BCUT2D eigenvalue weighted by Crippen LogP contribution is -2.10. The number of thiophene rings is 1. The van der Waals surface area contributed by atoms with Gasteiger partial charge in [0.25, 0.3) is 10.1 Å². The minimum atomic E-state index is -3.95. The summed E-state index contributed by atoms with van der Waals surface area (Å²) in [6.45, 7) is 6.03. The maximum Gasteiger partial charge on any atom is 0.297 e. The van der Waals surface area contributed by atoms with Crippen LogP contribution in [0.25, 0.3) is 15.4 Å². The van der Waals surface area contributed by atoms with E-state index in [9.17, 15) is 8.42 Å². The molecule has 0 bridgehead atoms. The zero-order valence-corrected chi connectivity index (χ0v) is 21.8. The first-order valence-electron chi connectivity index (χ1n) is 11.2. The summed E-state index contributed by atoms with van der Waals surface area (Å²) in [5, 5.41) is 10.0. The molecule has 0 N–H and O–H groups in total. The van der Waals surface area contributed by atoms with Crippen molar-refractivity contribution in [3.63, 3.8) is 0 Å². The lowest BCUT2D eigenvalue weighted by molar-refractivity contribution is 0.318. The van der Waals surface area contributed by atoms with Gasteiger partial charge in [-0.15, -0.1) is 21.5 Å². The Bertz CT molecular complexity index is 1570. The van der Waals surface area contributed by atoms with E-state index in [4.69, 9.17) is 20.8 Å². The van der Waals surface area contributed by atoms with Crippen molar-refractivity contribution in [2.24, 2.45) is 4.99 Å². The van der Waals surface area contributed by atoms with E-state index in [1.807, 2.05) is 60.9 Å². The minimum Gasteiger partial charge on any atom is -0.276 e. The monoisotopic (exact) mass is 526 g/mol. The lowest BCUT2D eigenvalue weighted by Gasteiger charge is -2.12. The molecule has 4 aromatic rings. The summed E-state index contributed by atoms with van der Waals surface area (Å²) < 4.78 is 33.6. The smallest absolute Gasteiger partial charge is 0.276 e. The Labute approximate surface area is 213 Å². The third kappa shape index (κ3) is 4.23. The molecule has 5 rings (SSSR count). The average Bonchev–Trinajstić information content (AvgIpc) is 3.38. The summed E-state index contributed by atoms with van der Waals surface area (Å²) in [5.41, 5.74) is 3.60. The van der Waals surface area contributed by atoms with Crippen molar-refractivity contribution in [1.82, 2.24) is 14.8 Å². The van der Waals surface area contributed by atoms with Gasteiger partial charge in [0.15, 0.2) is 5.82 Å². The zero-order valence-electron chi connectivity index (χ0n) is 19.4. The summed E-state index contributed by atoms with van der Waals surface area (Å²) in [4.78, 5) is 5.82. The van der Waals surface area contributed by atoms with Gasteiger partial charge in [-0.05, 0) is 38.0 Å². The van der Waals surface area contributed by atoms with Crippen molar-refractivity contribution >= 4 is 38.8 Å². The van der Waals surface area contributed by atoms with Crippen molar-refractivity contribution in [2.45, 2.75) is 38.6 Å². The van der Waals surface area contributed by atoms with Crippen LogP contribution >= 0.6 is 22.9 Å². The van der Waals surface area contributed by atoms with Crippen molar-refractivity contribution < 1.29 is 12.6 Å². The van der Waals surface area contributed by atoms with Gasteiger partial charge < -0.3 is 0 Å². The topological polar surface area (TPSA) is 86.4 Å². The molecule has 1 aliphatic heterocycles. The Balaban J connectivity index is 1.76. The highest BCUT2D eigenvalue weighted by Crippen LogP contribution is 2.41. The predicted octanol–water partition coefficient (Wildman–Crippen LogP) is 5.73. The first-order chi connectivity index (χ1) is 16.8. The van der Waals surface area contributed by atoms with Gasteiger partial charge in [-0.1, -0.05) is 54.9 Å². The Morgan fingerprint density at radius 2 is 1.83 bits per heavy atom. The molecule has 35 heavy (non-hydrogen) atoms. The van der Waals surface area contributed by atoms with Crippen molar-refractivity contribution in [3.05, 3.63) is 81.9 Å². The number of rotatable bonds is 6. The fraction of sp³-hybridized carbons (Fsp3) is 0.240. The van der Waals surface area contributed by atoms with Crippen LogP contribution in [-0.4, -0.2) is 35.5 Å². The molecule has 2 aromatic heterocycles. The van der Waals surface area contributed by atoms with E-state index in [0.29, 0.717) is 34.9 Å². The van der Waals surface area contributed by atoms with Gasteiger partial charge in [0.1, 0.15) is 22.3 Å². The van der Waals surface area contributed by atoms with Crippen LogP contribution in [0, 0.1) is 13.8 Å². The Morgan fingerprint density at radius 3 is 2.60 bits per heavy atom. The van der Waals surface area contributed by atoms with E-state index < -0.39 is 10.1 Å². The van der Waals surface area contributed by atoms with Crippen LogP contribution in [0.1, 0.15) is 41.7 Å². The SMILES string of the molecule is CCCOS(=O)(=O)c1c(C)cccc1-c1cc2c(s1)-n1c(C)nnc1CN=C2c1ccccc1Cl. The summed E-state index contributed by atoms with van der Waals surface area (Å²) in [5.74, 6) is 1.44. The molecule has 0 amide bonds. The molecule has 2 aromatic carbocycles. The van der Waals surface area contributed by atoms with E-state index >= 15 is 0 Å². The maximum absolute atomic E-state index is 13.2. The fourth-order valence-electron chi connectivity index (χ4n) is 4.17. The molecule has 0 unspecified atom stereocenters. The third-order valence-electron chi connectivity index (χ3n) is 5.74. The van der Waals surface area contributed by atoms with Crippen molar-refractivity contribution in [1.29, 1.82) is 0 Å². The first kappa shape index (κ1) is 23.9. The molecule has 0 saturated carbocycles. The van der Waals surface area contributed by atoms with Crippen LogP contribution in [0.2, 0.25) is 5.02 Å². The molecule has 10 heteroatoms. The fourth-order valence-corrected chi connectivity index (χ4v) is 7.13. The van der Waals surface area contributed by atoms with E-state index in [1.165, 1.54) is 11.3 Å². The molecule has 0 radical (unpaired) electrons. The van der Waals surface area contributed by atoms with Crippen LogP contribution in [0.5, 0.6) is 0 Å². The van der Waals surface area contributed by atoms with Crippen molar-refractivity contribution in [2.75, 3.05) is 6.61 Å². The normalized spacial score (nSPS) is 13.2. The van der Waals surface area contributed by atoms with Gasteiger partial charge in [-0.3, -0.25) is 13.7 Å². The predicted molar refractivity (Wildman–Crippen MR) is 138 cm³/mol. The largest absolute Gasteiger partial charge is 0.297 e. The zero-order chi connectivity index (χ0) is 24.7. The van der Waals surface area contributed by atoms with Gasteiger partial charge in [0.05, 0.1) is 12.3 Å². The summed E-state index contributed by atoms with van der Waals surface area (Å²) >= 11 is 8.03. The highest BCUT2D eigenvalue weighted by atomic mass is 35.5. The molecule has 0 atom stereocenters. The second kappa shape index (κ2) is 9.31. The molecule has 7 nitrogen and oxygen atoms in total. The van der Waals surface area contributed by atoms with Crippen LogP contribution in [0.4, 0.5) is 0 Å². The summed E-state index contributed by atoms with van der Waals surface area (Å²) in [6.07, 6.45) is 0.598. The van der Waals surface area contributed by atoms with Gasteiger partial charge >= 0.3 is 0 Å². The number of fused-ring (bicyclic) bond motifs is 3. The first-order valence-corrected chi connectivity index (χ1v) is 13.8. The molecular formula is C25H23ClN4O3S2. The number of aryl methyl sites for hydroxylation is 2. The quantitative estimate of drug-likeness (QED) is 0.299. The molecule has 180 valence electrons. The van der Waals surface area contributed by atoms with E-state index in [1.54, 1.807) is 13.0 Å². The number of hydrogen-bond donors (Lipinski definition) is 0. The molecule has 0 spiro atoms. The highest BCUT2D eigenvalue weighted by molar-refractivity contribution is 7.87. The molecular weight excluding hydrogens is 504 g/mol. The van der Waals surface area contributed by atoms with Crippen LogP contribution < -0.4 is 0 Å². The number of benzene rings is 2. The second-order valence-corrected chi connectivity index (χ2v) is 11.2. The Kier molecular flexibility index (Phi) is 6.35. The standard InChI is InChI=1S/C25H23ClN4O3S2/c1-4-12-33-35(31,32)24-15(2)8-7-10-18(24)21-13-19-23(17-9-5-6-11-20(17)26)27-14-22-29-28-16(3)30(22)25(19)34-21/h5-11,13H,4,12,14H2,1-3H3.